The standard InChI is InChI=1S/C13H12S/c1-8-7-12-13(9(8)2)10-5-3-4-6-11(10)14-12/h3-7,9H,1-2H3/t9-/m0/s1. The molecule has 0 amide bonds. The molecule has 1 aliphatic carbocycles. The van der Waals surface area contributed by atoms with Gasteiger partial charge in [0.15, 0.2) is 0 Å². The summed E-state index contributed by atoms with van der Waals surface area (Å²) in [5, 5.41) is 1.45. The average Bonchev–Trinajstić information content (AvgIpc) is 2.65. The fraction of sp³-hybridized carbons (Fsp3) is 0.231. The summed E-state index contributed by atoms with van der Waals surface area (Å²) in [5.41, 5.74) is 3.04. The summed E-state index contributed by atoms with van der Waals surface area (Å²) in [6, 6.07) is 8.72. The molecule has 1 atom stereocenters. The van der Waals surface area contributed by atoms with Gasteiger partial charge in [-0.3, -0.25) is 0 Å². The molecule has 14 heavy (non-hydrogen) atoms. The van der Waals surface area contributed by atoms with Crippen molar-refractivity contribution in [3.8, 4) is 0 Å². The summed E-state index contributed by atoms with van der Waals surface area (Å²) < 4.78 is 1.42. The van der Waals surface area contributed by atoms with Gasteiger partial charge >= 0.3 is 0 Å². The van der Waals surface area contributed by atoms with Gasteiger partial charge in [0.2, 0.25) is 0 Å². The van der Waals surface area contributed by atoms with Gasteiger partial charge in [0.05, 0.1) is 0 Å². The van der Waals surface area contributed by atoms with Crippen molar-refractivity contribution in [1.82, 2.24) is 0 Å². The molecule has 0 radical (unpaired) electrons. The van der Waals surface area contributed by atoms with Crippen LogP contribution in [0.1, 0.15) is 30.2 Å². The van der Waals surface area contributed by atoms with Crippen molar-refractivity contribution in [1.29, 1.82) is 0 Å². The second-order valence-corrected chi connectivity index (χ2v) is 5.07. The van der Waals surface area contributed by atoms with Gasteiger partial charge in [0.25, 0.3) is 0 Å². The summed E-state index contributed by atoms with van der Waals surface area (Å²) in [6.45, 7) is 4.53. The molecule has 1 aromatic heterocycles. The molecule has 1 aromatic carbocycles. The van der Waals surface area contributed by atoms with E-state index >= 15 is 0 Å². The molecule has 2 aromatic rings. The molecule has 0 saturated heterocycles. The van der Waals surface area contributed by atoms with E-state index in [9.17, 15) is 0 Å². The number of hydrogen-bond acceptors (Lipinski definition) is 1. The zero-order chi connectivity index (χ0) is 9.71. The van der Waals surface area contributed by atoms with Crippen molar-refractivity contribution in [2.24, 2.45) is 0 Å². The normalized spacial score (nSPS) is 19.9. The monoisotopic (exact) mass is 200 g/mol. The van der Waals surface area contributed by atoms with Gasteiger partial charge in [0.1, 0.15) is 0 Å². The minimum Gasteiger partial charge on any atom is -0.136 e. The van der Waals surface area contributed by atoms with E-state index in [1.165, 1.54) is 20.5 Å². The first-order valence-electron chi connectivity index (χ1n) is 4.97. The van der Waals surface area contributed by atoms with E-state index in [-0.39, 0.29) is 0 Å². The predicted octanol–water partition coefficient (Wildman–Crippen LogP) is 4.42. The summed E-state index contributed by atoms with van der Waals surface area (Å²) in [7, 11) is 0. The van der Waals surface area contributed by atoms with Crippen LogP contribution in [0.4, 0.5) is 0 Å². The lowest BCUT2D eigenvalue weighted by Crippen LogP contribution is -1.88. The third-order valence-corrected chi connectivity index (χ3v) is 4.27. The zero-order valence-electron chi connectivity index (χ0n) is 8.37. The van der Waals surface area contributed by atoms with Gasteiger partial charge in [-0.05, 0) is 30.0 Å². The van der Waals surface area contributed by atoms with Crippen molar-refractivity contribution in [2.45, 2.75) is 19.8 Å². The minimum atomic E-state index is 0.612. The highest BCUT2D eigenvalue weighted by atomic mass is 32.1. The number of benzene rings is 1. The van der Waals surface area contributed by atoms with Crippen molar-refractivity contribution in [2.75, 3.05) is 0 Å². The lowest BCUT2D eigenvalue weighted by Gasteiger charge is -2.05. The fourth-order valence-electron chi connectivity index (χ4n) is 2.20. The highest BCUT2D eigenvalue weighted by molar-refractivity contribution is 7.20. The smallest absolute Gasteiger partial charge is 0.0352 e. The Morgan fingerprint density at radius 3 is 2.86 bits per heavy atom. The van der Waals surface area contributed by atoms with Crippen molar-refractivity contribution in [3.05, 3.63) is 40.3 Å². The van der Waals surface area contributed by atoms with Gasteiger partial charge < -0.3 is 0 Å². The Morgan fingerprint density at radius 1 is 1.21 bits per heavy atom. The van der Waals surface area contributed by atoms with Crippen LogP contribution in [0.2, 0.25) is 0 Å². The Labute approximate surface area is 87.9 Å². The maximum absolute atomic E-state index is 2.34. The number of fused-ring (bicyclic) bond motifs is 3. The molecule has 3 rings (SSSR count). The topological polar surface area (TPSA) is 0 Å². The quantitative estimate of drug-likeness (QED) is 0.590. The first-order chi connectivity index (χ1) is 6.77. The van der Waals surface area contributed by atoms with Crippen LogP contribution in [0, 0.1) is 0 Å². The van der Waals surface area contributed by atoms with Crippen molar-refractivity contribution < 1.29 is 0 Å². The predicted molar refractivity (Wildman–Crippen MR) is 63.9 cm³/mol. The van der Waals surface area contributed by atoms with Crippen LogP contribution >= 0.6 is 11.3 Å². The third kappa shape index (κ3) is 0.934. The van der Waals surface area contributed by atoms with Crippen LogP contribution in [0.3, 0.4) is 0 Å². The van der Waals surface area contributed by atoms with Crippen LogP contribution in [0.5, 0.6) is 0 Å². The Morgan fingerprint density at radius 2 is 2.00 bits per heavy atom. The minimum absolute atomic E-state index is 0.612. The van der Waals surface area contributed by atoms with E-state index in [2.05, 4.69) is 44.2 Å². The van der Waals surface area contributed by atoms with Gasteiger partial charge in [0, 0.05) is 15.5 Å². The molecule has 0 aliphatic heterocycles. The Kier molecular flexibility index (Phi) is 1.59. The van der Waals surface area contributed by atoms with Crippen LogP contribution in [-0.4, -0.2) is 0 Å². The number of hydrogen-bond donors (Lipinski definition) is 0. The molecule has 0 spiro atoms. The van der Waals surface area contributed by atoms with Crippen molar-refractivity contribution in [3.63, 3.8) is 0 Å². The van der Waals surface area contributed by atoms with Gasteiger partial charge in [-0.1, -0.05) is 30.7 Å². The molecule has 0 fully saturated rings. The van der Waals surface area contributed by atoms with Crippen molar-refractivity contribution >= 4 is 27.5 Å². The number of rotatable bonds is 0. The maximum atomic E-state index is 2.34. The van der Waals surface area contributed by atoms with Gasteiger partial charge in [-0.15, -0.1) is 11.3 Å². The molecule has 0 nitrogen and oxygen atoms in total. The third-order valence-electron chi connectivity index (χ3n) is 3.14. The number of thiophene rings is 1. The average molecular weight is 200 g/mol. The van der Waals surface area contributed by atoms with E-state index in [1.54, 1.807) is 5.56 Å². The molecular weight excluding hydrogens is 188 g/mol. The van der Waals surface area contributed by atoms with Crippen LogP contribution in [0.25, 0.3) is 16.2 Å². The summed E-state index contributed by atoms with van der Waals surface area (Å²) in [6.07, 6.45) is 2.34. The molecule has 1 aliphatic rings. The maximum Gasteiger partial charge on any atom is 0.0352 e. The molecule has 0 bridgehead atoms. The Balaban J connectivity index is 2.39. The highest BCUT2D eigenvalue weighted by Crippen LogP contribution is 2.44. The highest BCUT2D eigenvalue weighted by Gasteiger charge is 2.22. The molecule has 0 unspecified atom stereocenters. The zero-order valence-corrected chi connectivity index (χ0v) is 9.19. The van der Waals surface area contributed by atoms with E-state index in [0.29, 0.717) is 5.92 Å². The molecule has 0 saturated carbocycles. The molecule has 1 heteroatoms. The van der Waals surface area contributed by atoms with Crippen LogP contribution in [-0.2, 0) is 0 Å². The SMILES string of the molecule is CC1=Cc2sc3ccccc3c2[C@H]1C. The summed E-state index contributed by atoms with van der Waals surface area (Å²) >= 11 is 1.92. The molecular formula is C13H12S. The lowest BCUT2D eigenvalue weighted by molar-refractivity contribution is 0.934. The van der Waals surface area contributed by atoms with Crippen LogP contribution in [0.15, 0.2) is 29.8 Å². The Bertz CT molecular complexity index is 531. The largest absolute Gasteiger partial charge is 0.136 e. The molecule has 70 valence electrons. The second-order valence-electron chi connectivity index (χ2n) is 3.99. The summed E-state index contributed by atoms with van der Waals surface area (Å²) in [5.74, 6) is 0.612. The van der Waals surface area contributed by atoms with E-state index in [4.69, 9.17) is 0 Å². The fourth-order valence-corrected chi connectivity index (χ4v) is 3.51. The summed E-state index contributed by atoms with van der Waals surface area (Å²) in [4.78, 5) is 1.47. The van der Waals surface area contributed by atoms with Gasteiger partial charge in [-0.25, -0.2) is 0 Å². The van der Waals surface area contributed by atoms with E-state index < -0.39 is 0 Å². The number of allylic oxidation sites excluding steroid dienone is 1. The van der Waals surface area contributed by atoms with E-state index in [1.807, 2.05) is 11.3 Å². The molecule has 0 N–H and O–H groups in total. The second kappa shape index (κ2) is 2.71. The van der Waals surface area contributed by atoms with Crippen LogP contribution < -0.4 is 0 Å². The first kappa shape index (κ1) is 8.25. The van der Waals surface area contributed by atoms with Gasteiger partial charge in [-0.2, -0.15) is 0 Å². The Hall–Kier alpha value is -1.08. The molecule has 1 heterocycles. The lowest BCUT2D eigenvalue weighted by atomic mass is 9.98. The van der Waals surface area contributed by atoms with E-state index in [0.717, 1.165) is 0 Å². The first-order valence-corrected chi connectivity index (χ1v) is 5.78.